The molecule has 1 aromatic carbocycles. The van der Waals surface area contributed by atoms with Crippen LogP contribution in [0.2, 0.25) is 0 Å². The molecule has 0 N–H and O–H groups in total. The van der Waals surface area contributed by atoms with Gasteiger partial charge in [-0.05, 0) is 16.7 Å². The van der Waals surface area contributed by atoms with Crippen LogP contribution in [0.4, 0.5) is 0 Å². The van der Waals surface area contributed by atoms with Crippen molar-refractivity contribution in [2.24, 2.45) is 11.3 Å². The monoisotopic (exact) mass is 414 g/mol. The van der Waals surface area contributed by atoms with Crippen molar-refractivity contribution in [1.82, 2.24) is 0 Å². The van der Waals surface area contributed by atoms with E-state index in [9.17, 15) is 10.5 Å². The lowest BCUT2D eigenvalue weighted by molar-refractivity contribution is 0.476. The summed E-state index contributed by atoms with van der Waals surface area (Å²) in [5.74, 6) is -0.211. The Hall–Kier alpha value is -1.62. The number of fused-ring (bicyclic) bond motifs is 1. The van der Waals surface area contributed by atoms with Gasteiger partial charge in [0.15, 0.2) is 5.41 Å². The van der Waals surface area contributed by atoms with E-state index in [4.69, 9.17) is 0 Å². The van der Waals surface area contributed by atoms with Crippen LogP contribution in [0.15, 0.2) is 60.2 Å². The summed E-state index contributed by atoms with van der Waals surface area (Å²) < 4.78 is 0. The molecule has 0 saturated heterocycles. The third kappa shape index (κ3) is 2.19. The average molecular weight is 416 g/mol. The summed E-state index contributed by atoms with van der Waals surface area (Å²) in [7, 11) is 0. The molecule has 0 fully saturated rings. The van der Waals surface area contributed by atoms with E-state index in [-0.39, 0.29) is 15.6 Å². The van der Waals surface area contributed by atoms with Crippen LogP contribution in [0.1, 0.15) is 5.56 Å². The van der Waals surface area contributed by atoms with Crippen molar-refractivity contribution in [3.63, 3.8) is 0 Å². The maximum Gasteiger partial charge on any atom is 0.177 e. The van der Waals surface area contributed by atoms with Crippen LogP contribution in [-0.4, -0.2) is 9.65 Å². The van der Waals surface area contributed by atoms with E-state index < -0.39 is 5.41 Å². The lowest BCUT2D eigenvalue weighted by atomic mass is 9.71. The number of nitriles is 2. The fourth-order valence-corrected chi connectivity index (χ4v) is 4.50. The van der Waals surface area contributed by atoms with Crippen LogP contribution in [-0.2, 0) is 0 Å². The zero-order valence-electron chi connectivity index (χ0n) is 11.6. The number of allylic oxidation sites excluding steroid dienone is 6. The van der Waals surface area contributed by atoms with Crippen molar-refractivity contribution in [3.05, 3.63) is 65.8 Å². The molecule has 3 unspecified atom stereocenters. The second-order valence-electron chi connectivity index (χ2n) is 5.37. The third-order valence-corrected chi connectivity index (χ3v) is 6.89. The summed E-state index contributed by atoms with van der Waals surface area (Å²) in [6.07, 6.45) is 8.00. The van der Waals surface area contributed by atoms with Crippen molar-refractivity contribution in [1.29, 1.82) is 10.5 Å². The number of hydrogen-bond donors (Lipinski definition) is 0. The summed E-state index contributed by atoms with van der Waals surface area (Å²) in [6.45, 7) is 0. The van der Waals surface area contributed by atoms with Crippen LogP contribution >= 0.6 is 31.9 Å². The molecule has 2 nitrogen and oxygen atoms in total. The van der Waals surface area contributed by atoms with Gasteiger partial charge in [-0.25, -0.2) is 0 Å². The van der Waals surface area contributed by atoms with Crippen LogP contribution < -0.4 is 0 Å². The molecule has 0 aliphatic heterocycles. The first-order valence-corrected chi connectivity index (χ1v) is 8.74. The molecule has 0 aromatic heterocycles. The van der Waals surface area contributed by atoms with Gasteiger partial charge in [-0.1, -0.05) is 86.5 Å². The second-order valence-corrected chi connectivity index (χ2v) is 7.49. The summed E-state index contributed by atoms with van der Waals surface area (Å²) in [5.41, 5.74) is 1.55. The standard InChI is InChI=1S/C18H12Br2N2/c19-15-8-4-7-13-9-14(12-5-2-1-3-6-12)18(10-21,11-22)16(13)17(15)20/h1-9,15-17H. The Balaban J connectivity index is 2.22. The molecule has 3 atom stereocenters. The van der Waals surface area contributed by atoms with Gasteiger partial charge < -0.3 is 0 Å². The summed E-state index contributed by atoms with van der Waals surface area (Å²) in [4.78, 5) is 0.0325. The van der Waals surface area contributed by atoms with Crippen LogP contribution in [0, 0.1) is 34.0 Å². The first-order valence-electron chi connectivity index (χ1n) is 6.90. The number of halogens is 2. The largest absolute Gasteiger partial charge is 0.196 e. The predicted octanol–water partition coefficient (Wildman–Crippen LogP) is 4.76. The minimum Gasteiger partial charge on any atom is -0.196 e. The fourth-order valence-electron chi connectivity index (χ4n) is 3.14. The molecular weight excluding hydrogens is 404 g/mol. The zero-order chi connectivity index (χ0) is 15.7. The quantitative estimate of drug-likeness (QED) is 0.621. The zero-order valence-corrected chi connectivity index (χ0v) is 14.8. The maximum atomic E-state index is 9.89. The van der Waals surface area contributed by atoms with E-state index in [0.29, 0.717) is 0 Å². The van der Waals surface area contributed by atoms with Crippen molar-refractivity contribution in [2.75, 3.05) is 0 Å². The van der Waals surface area contributed by atoms with Gasteiger partial charge in [0.05, 0.1) is 12.1 Å². The third-order valence-electron chi connectivity index (χ3n) is 4.21. The van der Waals surface area contributed by atoms with Crippen molar-refractivity contribution < 1.29 is 0 Å². The molecule has 0 heterocycles. The first-order chi connectivity index (χ1) is 10.6. The predicted molar refractivity (Wildman–Crippen MR) is 94.2 cm³/mol. The van der Waals surface area contributed by atoms with Gasteiger partial charge in [0, 0.05) is 15.6 Å². The Morgan fingerprint density at radius 1 is 1.05 bits per heavy atom. The highest BCUT2D eigenvalue weighted by molar-refractivity contribution is 9.12. The summed E-state index contributed by atoms with van der Waals surface area (Å²) >= 11 is 7.31. The number of hydrogen-bond acceptors (Lipinski definition) is 2. The smallest absolute Gasteiger partial charge is 0.177 e. The van der Waals surface area contributed by atoms with E-state index in [1.807, 2.05) is 54.6 Å². The molecule has 3 rings (SSSR count). The summed E-state index contributed by atoms with van der Waals surface area (Å²) in [5, 5.41) is 19.8. The molecule has 22 heavy (non-hydrogen) atoms. The van der Waals surface area contributed by atoms with Gasteiger partial charge in [0.25, 0.3) is 0 Å². The number of alkyl halides is 2. The van der Waals surface area contributed by atoms with Gasteiger partial charge in [0.2, 0.25) is 0 Å². The molecule has 0 spiro atoms. The second kappa shape index (κ2) is 5.88. The molecule has 1 aromatic rings. The van der Waals surface area contributed by atoms with Crippen molar-refractivity contribution in [3.8, 4) is 12.1 Å². The van der Waals surface area contributed by atoms with Gasteiger partial charge in [0.1, 0.15) is 0 Å². The highest BCUT2D eigenvalue weighted by Gasteiger charge is 2.53. The minimum atomic E-state index is -1.18. The minimum absolute atomic E-state index is 0.0331. The molecular formula is C18H12Br2N2. The lowest BCUT2D eigenvalue weighted by Crippen LogP contribution is -2.35. The van der Waals surface area contributed by atoms with E-state index in [2.05, 4.69) is 44.0 Å². The number of nitrogens with zero attached hydrogens (tertiary/aromatic N) is 2. The van der Waals surface area contributed by atoms with Gasteiger partial charge in [-0.2, -0.15) is 10.5 Å². The number of rotatable bonds is 1. The SMILES string of the molecule is N#CC1(C#N)C(c2ccccc2)=CC2=CC=CC(Br)C(Br)C21. The van der Waals surface area contributed by atoms with Crippen molar-refractivity contribution >= 4 is 37.4 Å². The maximum absolute atomic E-state index is 9.89. The van der Waals surface area contributed by atoms with E-state index in [1.54, 1.807) is 0 Å². The Morgan fingerprint density at radius 3 is 2.36 bits per heavy atom. The first kappa shape index (κ1) is 15.3. The van der Waals surface area contributed by atoms with E-state index in [0.717, 1.165) is 16.7 Å². The highest BCUT2D eigenvalue weighted by atomic mass is 79.9. The van der Waals surface area contributed by atoms with Crippen LogP contribution in [0.25, 0.3) is 5.57 Å². The molecule has 0 saturated carbocycles. The Bertz CT molecular complexity index is 749. The highest BCUT2D eigenvalue weighted by Crippen LogP contribution is 2.55. The molecule has 4 heteroatoms. The summed E-state index contributed by atoms with van der Waals surface area (Å²) in [6, 6.07) is 14.3. The van der Waals surface area contributed by atoms with Crippen LogP contribution in [0.5, 0.6) is 0 Å². The van der Waals surface area contributed by atoms with Gasteiger partial charge in [-0.15, -0.1) is 0 Å². The Labute approximate surface area is 146 Å². The molecule has 2 aliphatic carbocycles. The Kier molecular flexibility index (Phi) is 4.08. The van der Waals surface area contributed by atoms with Gasteiger partial charge >= 0.3 is 0 Å². The van der Waals surface area contributed by atoms with Crippen molar-refractivity contribution in [2.45, 2.75) is 9.65 Å². The molecule has 2 aliphatic rings. The molecule has 0 amide bonds. The van der Waals surface area contributed by atoms with Gasteiger partial charge in [-0.3, -0.25) is 0 Å². The fraction of sp³-hybridized carbons (Fsp3) is 0.222. The van der Waals surface area contributed by atoms with Crippen LogP contribution in [0.3, 0.4) is 0 Å². The average Bonchev–Trinajstić information content (AvgIpc) is 2.81. The number of benzene rings is 1. The Morgan fingerprint density at radius 2 is 1.73 bits per heavy atom. The molecule has 108 valence electrons. The van der Waals surface area contributed by atoms with E-state index in [1.165, 1.54) is 0 Å². The van der Waals surface area contributed by atoms with E-state index >= 15 is 0 Å². The normalized spacial score (nSPS) is 28.6. The topological polar surface area (TPSA) is 47.6 Å². The molecule has 0 radical (unpaired) electrons. The lowest BCUT2D eigenvalue weighted by Gasteiger charge is -2.30. The molecule has 0 bridgehead atoms.